The minimum atomic E-state index is 0.144. The van der Waals surface area contributed by atoms with E-state index < -0.39 is 0 Å². The molecule has 1 nitrogen and oxygen atoms in total. The van der Waals surface area contributed by atoms with Crippen LogP contribution in [0.2, 0.25) is 10.6 Å². The first-order chi connectivity index (χ1) is 9.33. The maximum Gasteiger partial charge on any atom is 0.236 e. The molecule has 0 atom stereocenters. The molecule has 0 aliphatic carbocycles. The molecule has 0 unspecified atom stereocenters. The lowest BCUT2D eigenvalue weighted by atomic mass is 10.1. The van der Waals surface area contributed by atoms with Gasteiger partial charge in [-0.05, 0) is 18.4 Å². The Morgan fingerprint density at radius 3 is 2.42 bits per heavy atom. The molecule has 1 aromatic carbocycles. The Labute approximate surface area is 124 Å². The second-order valence-electron chi connectivity index (χ2n) is 5.40. The van der Waals surface area contributed by atoms with Crippen molar-refractivity contribution in [1.29, 1.82) is 0 Å². The SMILES string of the molecule is CCC[CH2][AlH][CH2]CCC(=O)CCCc1ccccc1. The summed E-state index contributed by atoms with van der Waals surface area (Å²) in [6.07, 6.45) is 7.52. The largest absolute Gasteiger partial charge is 0.300 e. The number of carbonyl (C=O) groups is 1. The molecule has 0 saturated heterocycles. The van der Waals surface area contributed by atoms with Crippen LogP contribution < -0.4 is 0 Å². The van der Waals surface area contributed by atoms with Crippen LogP contribution in [0.5, 0.6) is 0 Å². The summed E-state index contributed by atoms with van der Waals surface area (Å²) in [5, 5.41) is 2.84. The van der Waals surface area contributed by atoms with Gasteiger partial charge < -0.3 is 0 Å². The van der Waals surface area contributed by atoms with Gasteiger partial charge in [0.05, 0.1) is 0 Å². The van der Waals surface area contributed by atoms with E-state index in [0.717, 1.165) is 32.1 Å². The summed E-state index contributed by atoms with van der Waals surface area (Å²) < 4.78 is 0. The fourth-order valence-electron chi connectivity index (χ4n) is 2.36. The van der Waals surface area contributed by atoms with E-state index in [0.29, 0.717) is 5.78 Å². The van der Waals surface area contributed by atoms with Gasteiger partial charge in [-0.25, -0.2) is 0 Å². The predicted molar refractivity (Wildman–Crippen MR) is 85.3 cm³/mol. The third-order valence-corrected chi connectivity index (χ3v) is 5.57. The number of aryl methyl sites for hydroxylation is 1. The number of hydrogen-bond donors (Lipinski definition) is 0. The number of Topliss-reactive ketones (excluding diaryl/α,β-unsaturated/α-hetero) is 1. The number of benzene rings is 1. The van der Waals surface area contributed by atoms with E-state index in [-0.39, 0.29) is 15.2 Å². The molecule has 104 valence electrons. The van der Waals surface area contributed by atoms with Gasteiger partial charge in [0.2, 0.25) is 15.2 Å². The first-order valence-corrected chi connectivity index (χ1v) is 9.88. The normalized spacial score (nSPS) is 10.4. The van der Waals surface area contributed by atoms with E-state index >= 15 is 0 Å². The average molecular weight is 274 g/mol. The maximum absolute atomic E-state index is 11.7. The summed E-state index contributed by atoms with van der Waals surface area (Å²) >= 11 is 0.144. The number of ketones is 1. The van der Waals surface area contributed by atoms with Gasteiger partial charge in [-0.1, -0.05) is 67.1 Å². The molecule has 0 spiro atoms. The van der Waals surface area contributed by atoms with Crippen molar-refractivity contribution in [2.45, 2.75) is 62.4 Å². The highest BCUT2D eigenvalue weighted by Crippen LogP contribution is 2.08. The second-order valence-corrected chi connectivity index (χ2v) is 7.52. The molecule has 0 amide bonds. The van der Waals surface area contributed by atoms with Crippen molar-refractivity contribution in [2.75, 3.05) is 0 Å². The Hall–Kier alpha value is -0.578. The first-order valence-electron chi connectivity index (χ1n) is 7.88. The molecule has 0 N–H and O–H groups in total. The standard InChI is InChI=1S/C13H17O.C4H9.Al.H/c1-2-7-13(14)11-6-10-12-8-4-3-5-9-12;1-3-4-2;;/h3-5,8-9H,1-2,6-7,10-11H2;1,3-4H2,2H3;;. The van der Waals surface area contributed by atoms with Crippen LogP contribution in [-0.2, 0) is 11.2 Å². The third-order valence-electron chi connectivity index (χ3n) is 3.57. The molecule has 0 aliphatic heterocycles. The third kappa shape index (κ3) is 9.03. The number of carbonyl (C=O) groups excluding carboxylic acids is 1. The van der Waals surface area contributed by atoms with Crippen molar-refractivity contribution in [3.05, 3.63) is 35.9 Å². The smallest absolute Gasteiger partial charge is 0.236 e. The molecule has 1 aromatic rings. The Balaban J connectivity index is 1.96. The van der Waals surface area contributed by atoms with Crippen LogP contribution in [0.25, 0.3) is 0 Å². The fraction of sp³-hybridized carbons (Fsp3) is 0.588. The van der Waals surface area contributed by atoms with Gasteiger partial charge in [0.15, 0.2) is 0 Å². The van der Waals surface area contributed by atoms with Crippen molar-refractivity contribution in [1.82, 2.24) is 0 Å². The lowest BCUT2D eigenvalue weighted by Crippen LogP contribution is -2.00. The number of hydrogen-bond acceptors (Lipinski definition) is 1. The zero-order valence-corrected chi connectivity index (χ0v) is 13.8. The van der Waals surface area contributed by atoms with Gasteiger partial charge in [-0.3, -0.25) is 4.79 Å². The van der Waals surface area contributed by atoms with E-state index in [1.165, 1.54) is 29.0 Å². The summed E-state index contributed by atoms with van der Waals surface area (Å²) in [4.78, 5) is 11.7. The minimum absolute atomic E-state index is 0.144. The molecule has 0 bridgehead atoms. The van der Waals surface area contributed by atoms with Gasteiger partial charge in [0.1, 0.15) is 5.78 Å². The summed E-state index contributed by atoms with van der Waals surface area (Å²) in [5.74, 6) is 0.473. The number of unbranched alkanes of at least 4 members (excludes halogenated alkanes) is 1. The van der Waals surface area contributed by atoms with Crippen molar-refractivity contribution >= 4 is 21.0 Å². The topological polar surface area (TPSA) is 17.1 Å². The number of rotatable bonds is 11. The molecular formula is C17H27AlO. The van der Waals surface area contributed by atoms with Gasteiger partial charge >= 0.3 is 0 Å². The van der Waals surface area contributed by atoms with Crippen molar-refractivity contribution in [3.63, 3.8) is 0 Å². The van der Waals surface area contributed by atoms with Crippen LogP contribution in [0.3, 0.4) is 0 Å². The molecule has 0 aliphatic rings. The Bertz CT molecular complexity index is 334. The first kappa shape index (κ1) is 16.5. The fourth-order valence-corrected chi connectivity index (χ4v) is 4.17. The van der Waals surface area contributed by atoms with Crippen LogP contribution in [0.15, 0.2) is 30.3 Å². The zero-order chi connectivity index (χ0) is 13.8. The van der Waals surface area contributed by atoms with Crippen molar-refractivity contribution in [3.8, 4) is 0 Å². The highest BCUT2D eigenvalue weighted by atomic mass is 27.1. The van der Waals surface area contributed by atoms with Crippen LogP contribution >= 0.6 is 0 Å². The highest BCUT2D eigenvalue weighted by Gasteiger charge is 2.03. The second kappa shape index (κ2) is 11.3. The van der Waals surface area contributed by atoms with Gasteiger partial charge in [-0.15, -0.1) is 0 Å². The minimum Gasteiger partial charge on any atom is -0.300 e. The Morgan fingerprint density at radius 2 is 1.68 bits per heavy atom. The quantitative estimate of drug-likeness (QED) is 0.431. The van der Waals surface area contributed by atoms with E-state index in [1.807, 2.05) is 6.07 Å². The molecule has 0 fully saturated rings. The van der Waals surface area contributed by atoms with Crippen LogP contribution in [0.4, 0.5) is 0 Å². The van der Waals surface area contributed by atoms with Crippen molar-refractivity contribution in [2.24, 2.45) is 0 Å². The Kier molecular flexibility index (Phi) is 9.77. The monoisotopic (exact) mass is 274 g/mol. The summed E-state index contributed by atoms with van der Waals surface area (Å²) in [6, 6.07) is 10.5. The van der Waals surface area contributed by atoms with Gasteiger partial charge in [-0.2, -0.15) is 0 Å². The van der Waals surface area contributed by atoms with E-state index in [1.54, 1.807) is 0 Å². The van der Waals surface area contributed by atoms with Gasteiger partial charge in [0.25, 0.3) is 0 Å². The molecule has 0 heterocycles. The van der Waals surface area contributed by atoms with E-state index in [2.05, 4.69) is 31.2 Å². The molecular weight excluding hydrogens is 247 g/mol. The zero-order valence-electron chi connectivity index (χ0n) is 12.4. The average Bonchev–Trinajstić information content (AvgIpc) is 2.44. The highest BCUT2D eigenvalue weighted by molar-refractivity contribution is 6.35. The summed E-state index contributed by atoms with van der Waals surface area (Å²) in [5.41, 5.74) is 1.35. The maximum atomic E-state index is 11.7. The Morgan fingerprint density at radius 1 is 1.00 bits per heavy atom. The molecule has 0 saturated carbocycles. The lowest BCUT2D eigenvalue weighted by Gasteiger charge is -2.02. The predicted octanol–water partition coefficient (Wildman–Crippen LogP) is 4.43. The summed E-state index contributed by atoms with van der Waals surface area (Å²) in [7, 11) is 0. The molecule has 2 heteroatoms. The van der Waals surface area contributed by atoms with Crippen LogP contribution in [-0.4, -0.2) is 21.0 Å². The molecule has 1 rings (SSSR count). The summed E-state index contributed by atoms with van der Waals surface area (Å²) in [6.45, 7) is 2.25. The van der Waals surface area contributed by atoms with Gasteiger partial charge in [0, 0.05) is 12.8 Å². The molecule has 19 heavy (non-hydrogen) atoms. The van der Waals surface area contributed by atoms with Crippen molar-refractivity contribution < 1.29 is 4.79 Å². The lowest BCUT2D eigenvalue weighted by molar-refractivity contribution is -0.119. The van der Waals surface area contributed by atoms with E-state index in [9.17, 15) is 4.79 Å². The molecule has 0 aromatic heterocycles. The van der Waals surface area contributed by atoms with Crippen LogP contribution in [0, 0.1) is 0 Å². The van der Waals surface area contributed by atoms with E-state index in [4.69, 9.17) is 0 Å². The van der Waals surface area contributed by atoms with Crippen LogP contribution in [0.1, 0.15) is 51.0 Å². The molecule has 0 radical (unpaired) electrons.